The number of rotatable bonds is 7. The SMILES string of the molecule is C=CCn1c(SC(C)C(=O)c2ccc(OC)cc2)nc2sc(C)c(C)c2c1=O. The maximum atomic E-state index is 13.0. The third-order valence-electron chi connectivity index (χ3n) is 4.59. The summed E-state index contributed by atoms with van der Waals surface area (Å²) in [5.41, 5.74) is 1.48. The molecule has 3 rings (SSSR count). The second-order valence-electron chi connectivity index (χ2n) is 6.42. The Morgan fingerprint density at radius 2 is 2.04 bits per heavy atom. The lowest BCUT2D eigenvalue weighted by molar-refractivity contribution is 0.0994. The number of ether oxygens (including phenoxy) is 1. The van der Waals surface area contributed by atoms with E-state index >= 15 is 0 Å². The number of hydrogen-bond donors (Lipinski definition) is 0. The summed E-state index contributed by atoms with van der Waals surface area (Å²) >= 11 is 2.80. The van der Waals surface area contributed by atoms with Gasteiger partial charge >= 0.3 is 0 Å². The normalized spacial score (nSPS) is 12.1. The topological polar surface area (TPSA) is 61.2 Å². The number of ketones is 1. The Hall–Kier alpha value is -2.38. The summed E-state index contributed by atoms with van der Waals surface area (Å²) in [6.45, 7) is 9.86. The minimum atomic E-state index is -0.393. The van der Waals surface area contributed by atoms with Crippen LogP contribution in [0, 0.1) is 13.8 Å². The van der Waals surface area contributed by atoms with Crippen molar-refractivity contribution in [3.8, 4) is 5.75 Å². The van der Waals surface area contributed by atoms with Crippen LogP contribution in [0.5, 0.6) is 5.75 Å². The lowest BCUT2D eigenvalue weighted by Crippen LogP contribution is -2.24. The van der Waals surface area contributed by atoms with Crippen molar-refractivity contribution in [1.29, 1.82) is 0 Å². The molecule has 0 bridgehead atoms. The standard InChI is InChI=1S/C21H22N2O3S2/c1-6-11-23-20(25)17-12(2)13(3)27-19(17)22-21(23)28-14(4)18(24)15-7-9-16(26-5)10-8-15/h6-10,14H,1,11H2,2-5H3. The molecular formula is C21H22N2O3S2. The van der Waals surface area contributed by atoms with Crippen molar-refractivity contribution in [2.24, 2.45) is 0 Å². The molecule has 2 heterocycles. The second-order valence-corrected chi connectivity index (χ2v) is 8.93. The lowest BCUT2D eigenvalue weighted by atomic mass is 10.1. The van der Waals surface area contributed by atoms with Gasteiger partial charge in [-0.3, -0.25) is 14.2 Å². The molecule has 0 saturated carbocycles. The van der Waals surface area contributed by atoms with Crippen LogP contribution in [0.1, 0.15) is 27.7 Å². The summed E-state index contributed by atoms with van der Waals surface area (Å²) in [5.74, 6) is 0.679. The van der Waals surface area contributed by atoms with Crippen LogP contribution in [0.25, 0.3) is 10.2 Å². The first-order valence-electron chi connectivity index (χ1n) is 8.83. The molecular weight excluding hydrogens is 392 g/mol. The maximum Gasteiger partial charge on any atom is 0.263 e. The molecule has 7 heteroatoms. The second kappa shape index (κ2) is 8.32. The summed E-state index contributed by atoms with van der Waals surface area (Å²) in [4.78, 5) is 32.4. The van der Waals surface area contributed by atoms with Gasteiger partial charge < -0.3 is 4.74 Å². The van der Waals surface area contributed by atoms with Crippen LogP contribution in [0.3, 0.4) is 0 Å². The highest BCUT2D eigenvalue weighted by Crippen LogP contribution is 2.30. The van der Waals surface area contributed by atoms with E-state index in [-0.39, 0.29) is 11.3 Å². The molecule has 1 aromatic carbocycles. The summed E-state index contributed by atoms with van der Waals surface area (Å²) in [7, 11) is 1.59. The number of hydrogen-bond acceptors (Lipinski definition) is 6. The van der Waals surface area contributed by atoms with E-state index in [4.69, 9.17) is 9.72 Å². The largest absolute Gasteiger partial charge is 0.497 e. The average Bonchev–Trinajstić information content (AvgIpc) is 2.98. The van der Waals surface area contributed by atoms with E-state index in [0.29, 0.717) is 33.2 Å². The van der Waals surface area contributed by atoms with Crippen LogP contribution >= 0.6 is 23.1 Å². The molecule has 0 fully saturated rings. The molecule has 0 aliphatic heterocycles. The zero-order chi connectivity index (χ0) is 20.4. The fourth-order valence-electron chi connectivity index (χ4n) is 2.89. The molecule has 1 unspecified atom stereocenters. The fourth-order valence-corrected chi connectivity index (χ4v) is 4.96. The van der Waals surface area contributed by atoms with Crippen LogP contribution in [0.2, 0.25) is 0 Å². The molecule has 0 spiro atoms. The Morgan fingerprint density at radius 3 is 2.64 bits per heavy atom. The molecule has 2 aromatic heterocycles. The van der Waals surface area contributed by atoms with Gasteiger partial charge in [0.1, 0.15) is 10.6 Å². The highest BCUT2D eigenvalue weighted by atomic mass is 32.2. The summed E-state index contributed by atoms with van der Waals surface area (Å²) in [5, 5.41) is 0.798. The van der Waals surface area contributed by atoms with Gasteiger partial charge in [-0.15, -0.1) is 17.9 Å². The number of Topliss-reactive ketones (excluding diaryl/α,β-unsaturated/α-hetero) is 1. The van der Waals surface area contributed by atoms with Crippen LogP contribution in [0.4, 0.5) is 0 Å². The van der Waals surface area contributed by atoms with Crippen LogP contribution in [0.15, 0.2) is 46.9 Å². The molecule has 0 aliphatic rings. The molecule has 0 N–H and O–H groups in total. The summed E-state index contributed by atoms with van der Waals surface area (Å²) in [6.07, 6.45) is 1.67. The molecule has 5 nitrogen and oxygen atoms in total. The molecule has 28 heavy (non-hydrogen) atoms. The van der Waals surface area contributed by atoms with Crippen molar-refractivity contribution in [3.05, 3.63) is 63.3 Å². The number of aromatic nitrogens is 2. The Morgan fingerprint density at radius 1 is 1.36 bits per heavy atom. The Labute approximate surface area is 172 Å². The predicted molar refractivity (Wildman–Crippen MR) is 116 cm³/mol. The molecule has 146 valence electrons. The zero-order valence-corrected chi connectivity index (χ0v) is 17.9. The summed E-state index contributed by atoms with van der Waals surface area (Å²) in [6, 6.07) is 7.02. The zero-order valence-electron chi connectivity index (χ0n) is 16.3. The smallest absolute Gasteiger partial charge is 0.263 e. The lowest BCUT2D eigenvalue weighted by Gasteiger charge is -2.14. The van der Waals surface area contributed by atoms with Crippen molar-refractivity contribution >= 4 is 39.1 Å². The third kappa shape index (κ3) is 3.77. The number of thiophene rings is 1. The van der Waals surface area contributed by atoms with Gasteiger partial charge in [0.05, 0.1) is 17.7 Å². The number of allylic oxidation sites excluding steroid dienone is 1. The minimum absolute atomic E-state index is 0.0225. The van der Waals surface area contributed by atoms with E-state index in [1.54, 1.807) is 42.0 Å². The van der Waals surface area contributed by atoms with Crippen molar-refractivity contribution in [2.75, 3.05) is 7.11 Å². The van der Waals surface area contributed by atoms with Gasteiger partial charge in [-0.1, -0.05) is 17.8 Å². The van der Waals surface area contributed by atoms with E-state index in [0.717, 1.165) is 10.4 Å². The van der Waals surface area contributed by atoms with Crippen LogP contribution in [-0.2, 0) is 6.54 Å². The van der Waals surface area contributed by atoms with Gasteiger partial charge in [0, 0.05) is 17.0 Å². The van der Waals surface area contributed by atoms with Gasteiger partial charge in [-0.05, 0) is 50.6 Å². The predicted octanol–water partition coefficient (Wildman–Crippen LogP) is 4.63. The van der Waals surface area contributed by atoms with E-state index in [2.05, 4.69) is 6.58 Å². The van der Waals surface area contributed by atoms with Gasteiger partial charge in [0.15, 0.2) is 10.9 Å². The minimum Gasteiger partial charge on any atom is -0.497 e. The Kier molecular flexibility index (Phi) is 6.05. The number of carbonyl (C=O) groups is 1. The molecule has 3 aromatic rings. The highest BCUT2D eigenvalue weighted by molar-refractivity contribution is 8.00. The van der Waals surface area contributed by atoms with Gasteiger partial charge in [-0.2, -0.15) is 0 Å². The monoisotopic (exact) mass is 414 g/mol. The van der Waals surface area contributed by atoms with Crippen molar-refractivity contribution in [2.45, 2.75) is 37.7 Å². The first kappa shape index (κ1) is 20.4. The molecule has 0 saturated heterocycles. The van der Waals surface area contributed by atoms with Gasteiger partial charge in [0.2, 0.25) is 0 Å². The third-order valence-corrected chi connectivity index (χ3v) is 6.78. The maximum absolute atomic E-state index is 13.0. The highest BCUT2D eigenvalue weighted by Gasteiger charge is 2.22. The first-order chi connectivity index (χ1) is 13.4. The van der Waals surface area contributed by atoms with Crippen molar-refractivity contribution < 1.29 is 9.53 Å². The van der Waals surface area contributed by atoms with E-state index < -0.39 is 5.25 Å². The van der Waals surface area contributed by atoms with Gasteiger partial charge in [0.25, 0.3) is 5.56 Å². The van der Waals surface area contributed by atoms with Gasteiger partial charge in [-0.25, -0.2) is 4.98 Å². The molecule has 0 radical (unpaired) electrons. The number of benzene rings is 1. The van der Waals surface area contributed by atoms with Crippen LogP contribution < -0.4 is 10.3 Å². The number of methoxy groups -OCH3 is 1. The van der Waals surface area contributed by atoms with E-state index in [9.17, 15) is 9.59 Å². The number of fused-ring (bicyclic) bond motifs is 1. The summed E-state index contributed by atoms with van der Waals surface area (Å²) < 4.78 is 6.73. The van der Waals surface area contributed by atoms with Crippen LogP contribution in [-0.4, -0.2) is 27.7 Å². The fraction of sp³-hybridized carbons (Fsp3) is 0.286. The number of thioether (sulfide) groups is 1. The number of carbonyl (C=O) groups excluding carboxylic acids is 1. The average molecular weight is 415 g/mol. The Balaban J connectivity index is 1.97. The van der Waals surface area contributed by atoms with Crippen molar-refractivity contribution in [1.82, 2.24) is 9.55 Å². The van der Waals surface area contributed by atoms with E-state index in [1.165, 1.54) is 23.1 Å². The van der Waals surface area contributed by atoms with Crippen molar-refractivity contribution in [3.63, 3.8) is 0 Å². The Bertz CT molecular complexity index is 1100. The quantitative estimate of drug-likeness (QED) is 0.244. The molecule has 1 atom stereocenters. The molecule has 0 aliphatic carbocycles. The number of nitrogens with zero attached hydrogens (tertiary/aromatic N) is 2. The number of aryl methyl sites for hydroxylation is 2. The molecule has 0 amide bonds. The van der Waals surface area contributed by atoms with E-state index in [1.807, 2.05) is 20.8 Å². The first-order valence-corrected chi connectivity index (χ1v) is 10.5.